The third-order valence-electron chi connectivity index (χ3n) is 6.14. The van der Waals surface area contributed by atoms with Crippen molar-refractivity contribution in [2.75, 3.05) is 26.2 Å². The van der Waals surface area contributed by atoms with Crippen LogP contribution in [0.25, 0.3) is 5.76 Å². The standard InChI is InChI=1S/C23H28F2N2O/c1-4-16-11-19-22(27-9-7-26-8-10-27)6-5-14(2)17-12-20(24)21(25)13-18(17)23(19)28-15(16)3/h6,12-14,26H,4-5,7-11H2,1-3H3. The van der Waals surface area contributed by atoms with Gasteiger partial charge in [0.15, 0.2) is 11.6 Å². The second-order valence-electron chi connectivity index (χ2n) is 7.92. The van der Waals surface area contributed by atoms with E-state index >= 15 is 0 Å². The highest BCUT2D eigenvalue weighted by Gasteiger charge is 2.31. The number of piperazine rings is 1. The molecule has 150 valence electrons. The molecule has 0 aromatic heterocycles. The van der Waals surface area contributed by atoms with E-state index in [1.807, 2.05) is 6.92 Å². The zero-order valence-corrected chi connectivity index (χ0v) is 16.9. The van der Waals surface area contributed by atoms with E-state index in [1.54, 1.807) is 0 Å². The van der Waals surface area contributed by atoms with Crippen molar-refractivity contribution in [2.45, 2.75) is 46.0 Å². The molecular formula is C23H28F2N2O. The van der Waals surface area contributed by atoms with Gasteiger partial charge in [0.05, 0.1) is 0 Å². The van der Waals surface area contributed by atoms with Gasteiger partial charge in [-0.2, -0.15) is 0 Å². The van der Waals surface area contributed by atoms with Crippen molar-refractivity contribution in [2.24, 2.45) is 0 Å². The van der Waals surface area contributed by atoms with Crippen LogP contribution in [-0.2, 0) is 4.74 Å². The minimum Gasteiger partial charge on any atom is -0.461 e. The van der Waals surface area contributed by atoms with Crippen molar-refractivity contribution in [3.63, 3.8) is 0 Å². The van der Waals surface area contributed by atoms with E-state index in [2.05, 4.69) is 30.1 Å². The van der Waals surface area contributed by atoms with Crippen molar-refractivity contribution < 1.29 is 13.5 Å². The number of rotatable bonds is 2. The molecule has 1 saturated heterocycles. The maximum Gasteiger partial charge on any atom is 0.159 e. The Morgan fingerprint density at radius 3 is 2.61 bits per heavy atom. The number of hydrogen-bond acceptors (Lipinski definition) is 3. The number of fused-ring (bicyclic) bond motifs is 2. The topological polar surface area (TPSA) is 24.5 Å². The van der Waals surface area contributed by atoms with Gasteiger partial charge >= 0.3 is 0 Å². The summed E-state index contributed by atoms with van der Waals surface area (Å²) >= 11 is 0. The van der Waals surface area contributed by atoms with Crippen molar-refractivity contribution in [3.8, 4) is 0 Å². The van der Waals surface area contributed by atoms with Crippen LogP contribution in [0, 0.1) is 11.6 Å². The van der Waals surface area contributed by atoms with Gasteiger partial charge in [-0.25, -0.2) is 8.78 Å². The summed E-state index contributed by atoms with van der Waals surface area (Å²) in [6.07, 6.45) is 4.77. The molecule has 1 fully saturated rings. The number of halogens is 2. The van der Waals surface area contributed by atoms with Crippen molar-refractivity contribution in [1.29, 1.82) is 0 Å². The molecule has 0 radical (unpaired) electrons. The molecule has 0 saturated carbocycles. The lowest BCUT2D eigenvalue weighted by Crippen LogP contribution is -2.43. The summed E-state index contributed by atoms with van der Waals surface area (Å²) in [5.74, 6) is 0.0387. The molecular weight excluding hydrogens is 358 g/mol. The highest BCUT2D eigenvalue weighted by molar-refractivity contribution is 5.73. The Labute approximate surface area is 165 Å². The average molecular weight is 386 g/mol. The quantitative estimate of drug-likeness (QED) is 0.767. The third kappa shape index (κ3) is 3.37. The van der Waals surface area contributed by atoms with Gasteiger partial charge in [-0.1, -0.05) is 19.9 Å². The van der Waals surface area contributed by atoms with E-state index in [0.717, 1.165) is 62.3 Å². The highest BCUT2D eigenvalue weighted by atomic mass is 19.2. The maximum atomic E-state index is 14.2. The number of hydrogen-bond donors (Lipinski definition) is 1. The summed E-state index contributed by atoms with van der Waals surface area (Å²) in [4.78, 5) is 2.40. The van der Waals surface area contributed by atoms with E-state index in [0.29, 0.717) is 11.3 Å². The minimum absolute atomic E-state index is 0.0810. The highest BCUT2D eigenvalue weighted by Crippen LogP contribution is 2.44. The Morgan fingerprint density at radius 1 is 1.18 bits per heavy atom. The molecule has 28 heavy (non-hydrogen) atoms. The fourth-order valence-corrected chi connectivity index (χ4v) is 4.43. The fourth-order valence-electron chi connectivity index (χ4n) is 4.43. The molecule has 2 heterocycles. The molecule has 0 amide bonds. The average Bonchev–Trinajstić information content (AvgIpc) is 2.70. The number of nitrogens with zero attached hydrogens (tertiary/aromatic N) is 1. The molecule has 1 aliphatic carbocycles. The summed E-state index contributed by atoms with van der Waals surface area (Å²) in [6.45, 7) is 9.94. The molecule has 4 rings (SSSR count). The van der Waals surface area contributed by atoms with Crippen LogP contribution < -0.4 is 5.32 Å². The van der Waals surface area contributed by atoms with Gasteiger partial charge in [-0.3, -0.25) is 0 Å². The Morgan fingerprint density at radius 2 is 1.89 bits per heavy atom. The van der Waals surface area contributed by atoms with Gasteiger partial charge in [-0.15, -0.1) is 0 Å². The van der Waals surface area contributed by atoms with Crippen LogP contribution in [0.3, 0.4) is 0 Å². The molecule has 1 atom stereocenters. The largest absolute Gasteiger partial charge is 0.461 e. The summed E-state index contributed by atoms with van der Waals surface area (Å²) in [5.41, 5.74) is 5.06. The summed E-state index contributed by atoms with van der Waals surface area (Å²) in [6, 6.07) is 2.67. The van der Waals surface area contributed by atoms with E-state index < -0.39 is 11.6 Å². The Bertz CT molecular complexity index is 879. The number of ether oxygens (including phenoxy) is 1. The SMILES string of the molecule is CCC1=C(C)OC2=C(C1)C(N1CCNCC1)=CCC(C)c1cc(F)c(F)cc12. The number of allylic oxidation sites excluding steroid dienone is 4. The van der Waals surface area contributed by atoms with Gasteiger partial charge in [0, 0.05) is 49.4 Å². The van der Waals surface area contributed by atoms with Crippen molar-refractivity contribution in [3.05, 3.63) is 63.6 Å². The van der Waals surface area contributed by atoms with Crippen LogP contribution in [0.2, 0.25) is 0 Å². The maximum absolute atomic E-state index is 14.2. The molecule has 1 N–H and O–H groups in total. The molecule has 0 spiro atoms. The van der Waals surface area contributed by atoms with Crippen molar-refractivity contribution in [1.82, 2.24) is 10.2 Å². The summed E-state index contributed by atoms with van der Waals surface area (Å²) < 4.78 is 34.6. The summed E-state index contributed by atoms with van der Waals surface area (Å²) in [5, 5.41) is 3.40. The smallest absolute Gasteiger partial charge is 0.159 e. The molecule has 0 bridgehead atoms. The first-order chi connectivity index (χ1) is 13.5. The van der Waals surface area contributed by atoms with E-state index in [9.17, 15) is 8.78 Å². The van der Waals surface area contributed by atoms with Crippen LogP contribution in [-0.4, -0.2) is 31.1 Å². The summed E-state index contributed by atoms with van der Waals surface area (Å²) in [7, 11) is 0. The lowest BCUT2D eigenvalue weighted by atomic mass is 9.84. The van der Waals surface area contributed by atoms with E-state index in [-0.39, 0.29) is 5.92 Å². The van der Waals surface area contributed by atoms with Crippen molar-refractivity contribution >= 4 is 5.76 Å². The third-order valence-corrected chi connectivity index (χ3v) is 6.14. The zero-order chi connectivity index (χ0) is 19.8. The van der Waals surface area contributed by atoms with Gasteiger partial charge in [0.1, 0.15) is 11.5 Å². The monoisotopic (exact) mass is 386 g/mol. The Balaban J connectivity index is 1.90. The Kier molecular flexibility index (Phi) is 5.28. The first kappa shape index (κ1) is 19.2. The van der Waals surface area contributed by atoms with Crippen LogP contribution >= 0.6 is 0 Å². The number of benzene rings is 1. The minimum atomic E-state index is -0.822. The lowest BCUT2D eigenvalue weighted by Gasteiger charge is -2.37. The van der Waals surface area contributed by atoms with Gasteiger partial charge < -0.3 is 15.0 Å². The predicted molar refractivity (Wildman–Crippen MR) is 108 cm³/mol. The molecule has 1 unspecified atom stereocenters. The van der Waals surface area contributed by atoms with Crippen LogP contribution in [0.15, 0.2) is 40.8 Å². The normalized spacial score (nSPS) is 22.8. The second kappa shape index (κ2) is 7.70. The van der Waals surface area contributed by atoms with E-state index in [4.69, 9.17) is 4.74 Å². The second-order valence-corrected chi connectivity index (χ2v) is 7.92. The van der Waals surface area contributed by atoms with E-state index in [1.165, 1.54) is 23.4 Å². The predicted octanol–water partition coefficient (Wildman–Crippen LogP) is 5.08. The fraction of sp³-hybridized carbons (Fsp3) is 0.478. The zero-order valence-electron chi connectivity index (χ0n) is 16.9. The molecule has 2 aliphatic heterocycles. The molecule has 3 nitrogen and oxygen atoms in total. The first-order valence-electron chi connectivity index (χ1n) is 10.2. The number of nitrogens with one attached hydrogen (secondary N) is 1. The van der Waals surface area contributed by atoms with Crippen LogP contribution in [0.5, 0.6) is 0 Å². The molecule has 1 aromatic carbocycles. The van der Waals surface area contributed by atoms with Gasteiger partial charge in [-0.05, 0) is 49.0 Å². The molecule has 5 heteroatoms. The molecule has 3 aliphatic rings. The Hall–Kier alpha value is -2.14. The van der Waals surface area contributed by atoms with Gasteiger partial charge in [0.2, 0.25) is 0 Å². The van der Waals surface area contributed by atoms with Crippen LogP contribution in [0.4, 0.5) is 8.78 Å². The van der Waals surface area contributed by atoms with Crippen LogP contribution in [0.1, 0.15) is 57.1 Å². The van der Waals surface area contributed by atoms with Gasteiger partial charge in [0.25, 0.3) is 0 Å². The first-order valence-corrected chi connectivity index (χ1v) is 10.2. The lowest BCUT2D eigenvalue weighted by molar-refractivity contribution is 0.295. The molecule has 1 aromatic rings.